The van der Waals surface area contributed by atoms with Crippen LogP contribution in [0, 0.1) is 6.42 Å². The first-order chi connectivity index (χ1) is 6.24. The van der Waals surface area contributed by atoms with Crippen LogP contribution in [0.5, 0.6) is 0 Å². The summed E-state index contributed by atoms with van der Waals surface area (Å²) < 4.78 is 0. The summed E-state index contributed by atoms with van der Waals surface area (Å²) in [5.74, 6) is -0.542. The van der Waals surface area contributed by atoms with Crippen molar-refractivity contribution in [3.8, 4) is 0 Å². The molecule has 4 nitrogen and oxygen atoms in total. The number of aromatic nitrogens is 1. The quantitative estimate of drug-likeness (QED) is 0.689. The number of amides is 1. The average molecular weight is 179 g/mol. The van der Waals surface area contributed by atoms with Crippen LogP contribution < -0.4 is 5.73 Å². The van der Waals surface area contributed by atoms with Gasteiger partial charge < -0.3 is 10.8 Å². The van der Waals surface area contributed by atoms with Crippen LogP contribution in [0.4, 0.5) is 0 Å². The van der Waals surface area contributed by atoms with Crippen LogP contribution in [-0.4, -0.2) is 22.6 Å². The zero-order valence-corrected chi connectivity index (χ0v) is 7.10. The van der Waals surface area contributed by atoms with Gasteiger partial charge in [0.2, 0.25) is 0 Å². The van der Waals surface area contributed by atoms with Crippen molar-refractivity contribution in [3.05, 3.63) is 36.0 Å². The van der Waals surface area contributed by atoms with Gasteiger partial charge in [-0.2, -0.15) is 0 Å². The Kier molecular flexibility index (Phi) is 3.40. The average Bonchev–Trinajstić information content (AvgIpc) is 2.15. The summed E-state index contributed by atoms with van der Waals surface area (Å²) >= 11 is 0. The highest BCUT2D eigenvalue weighted by molar-refractivity contribution is 5.90. The van der Waals surface area contributed by atoms with Gasteiger partial charge in [-0.05, 0) is 30.5 Å². The molecule has 0 saturated carbocycles. The lowest BCUT2D eigenvalue weighted by atomic mass is 10.1. The molecule has 0 bridgehead atoms. The van der Waals surface area contributed by atoms with Gasteiger partial charge in [-0.3, -0.25) is 9.78 Å². The van der Waals surface area contributed by atoms with Crippen LogP contribution in [0.15, 0.2) is 18.3 Å². The van der Waals surface area contributed by atoms with Crippen LogP contribution in [0.25, 0.3) is 0 Å². The number of nitrogens with zero attached hydrogens (tertiary/aromatic N) is 1. The number of carbonyl (C=O) groups is 1. The Morgan fingerprint density at radius 1 is 1.69 bits per heavy atom. The van der Waals surface area contributed by atoms with E-state index < -0.39 is 5.91 Å². The van der Waals surface area contributed by atoms with Gasteiger partial charge in [0.05, 0.1) is 0 Å². The molecule has 0 saturated heterocycles. The van der Waals surface area contributed by atoms with Gasteiger partial charge in [-0.1, -0.05) is 0 Å². The number of aliphatic hydroxyl groups is 1. The molecule has 0 atom stereocenters. The number of hydrogen-bond acceptors (Lipinski definition) is 3. The van der Waals surface area contributed by atoms with Crippen molar-refractivity contribution in [3.63, 3.8) is 0 Å². The zero-order chi connectivity index (χ0) is 9.68. The highest BCUT2D eigenvalue weighted by atomic mass is 16.2. The zero-order valence-electron chi connectivity index (χ0n) is 7.10. The largest absolute Gasteiger partial charge is 0.396 e. The van der Waals surface area contributed by atoms with Crippen molar-refractivity contribution in [1.29, 1.82) is 0 Å². The predicted molar refractivity (Wildman–Crippen MR) is 47.9 cm³/mol. The molecule has 0 spiro atoms. The minimum atomic E-state index is -0.542. The molecule has 0 aliphatic rings. The summed E-state index contributed by atoms with van der Waals surface area (Å²) in [5.41, 5.74) is 6.13. The normalized spacial score (nSPS) is 9.92. The van der Waals surface area contributed by atoms with E-state index in [2.05, 4.69) is 4.98 Å². The molecule has 1 aromatic heterocycles. The van der Waals surface area contributed by atoms with E-state index in [-0.39, 0.29) is 12.3 Å². The number of pyridine rings is 1. The van der Waals surface area contributed by atoms with Crippen molar-refractivity contribution >= 4 is 5.91 Å². The second-order valence-electron chi connectivity index (χ2n) is 2.56. The van der Waals surface area contributed by atoms with E-state index in [1.807, 2.05) is 6.42 Å². The molecular formula is C9H11N2O2. The first kappa shape index (κ1) is 9.67. The standard InChI is InChI=1S/C9H11N2O2/c10-9(13)8-6-7(2-1-5-12)3-4-11-8/h2-4,6,12H,1,5H2,(H2,10,13). The number of nitrogens with two attached hydrogens (primary N) is 1. The van der Waals surface area contributed by atoms with Gasteiger partial charge >= 0.3 is 0 Å². The van der Waals surface area contributed by atoms with Gasteiger partial charge in [-0.25, -0.2) is 0 Å². The molecule has 4 heteroatoms. The number of hydrogen-bond donors (Lipinski definition) is 2. The summed E-state index contributed by atoms with van der Waals surface area (Å²) in [7, 11) is 0. The smallest absolute Gasteiger partial charge is 0.267 e. The fraction of sp³-hybridized carbons (Fsp3) is 0.222. The minimum absolute atomic E-state index is 0.0915. The molecule has 1 amide bonds. The Hall–Kier alpha value is -1.42. The van der Waals surface area contributed by atoms with E-state index >= 15 is 0 Å². The monoisotopic (exact) mass is 179 g/mol. The highest BCUT2D eigenvalue weighted by Gasteiger charge is 2.02. The summed E-state index contributed by atoms with van der Waals surface area (Å²) in [4.78, 5) is 14.5. The third kappa shape index (κ3) is 2.83. The molecule has 3 N–H and O–H groups in total. The number of carbonyl (C=O) groups excluding carboxylic acids is 1. The van der Waals surface area contributed by atoms with E-state index in [1.54, 1.807) is 12.1 Å². The molecule has 0 aromatic carbocycles. The van der Waals surface area contributed by atoms with Crippen molar-refractivity contribution < 1.29 is 9.90 Å². The summed E-state index contributed by atoms with van der Waals surface area (Å²) in [6.07, 6.45) is 3.89. The number of primary amides is 1. The highest BCUT2D eigenvalue weighted by Crippen LogP contribution is 2.05. The summed E-state index contributed by atoms with van der Waals surface area (Å²) in [5, 5.41) is 8.57. The topological polar surface area (TPSA) is 76.2 Å². The lowest BCUT2D eigenvalue weighted by Crippen LogP contribution is -2.13. The molecule has 1 aromatic rings. The van der Waals surface area contributed by atoms with Gasteiger partial charge in [0.25, 0.3) is 5.91 Å². The molecule has 0 unspecified atom stereocenters. The molecular weight excluding hydrogens is 168 g/mol. The van der Waals surface area contributed by atoms with Gasteiger partial charge in [0.15, 0.2) is 0 Å². The fourth-order valence-corrected chi connectivity index (χ4v) is 0.940. The SMILES string of the molecule is NC(=O)c1cc([CH]CCO)ccn1. The first-order valence-electron chi connectivity index (χ1n) is 3.94. The molecule has 0 aliphatic heterocycles. The van der Waals surface area contributed by atoms with Crippen LogP contribution in [0.1, 0.15) is 22.5 Å². The van der Waals surface area contributed by atoms with Crippen molar-refractivity contribution in [2.75, 3.05) is 6.61 Å². The first-order valence-corrected chi connectivity index (χ1v) is 3.94. The predicted octanol–water partition coefficient (Wildman–Crippen LogP) is 0.115. The maximum Gasteiger partial charge on any atom is 0.267 e. The maximum atomic E-state index is 10.7. The van der Waals surface area contributed by atoms with E-state index in [4.69, 9.17) is 10.8 Å². The van der Waals surface area contributed by atoms with E-state index in [0.717, 1.165) is 5.56 Å². The van der Waals surface area contributed by atoms with Crippen molar-refractivity contribution in [2.45, 2.75) is 6.42 Å². The lowest BCUT2D eigenvalue weighted by Gasteiger charge is -1.99. The van der Waals surface area contributed by atoms with Crippen molar-refractivity contribution in [2.24, 2.45) is 5.73 Å². The number of aliphatic hydroxyl groups excluding tert-OH is 1. The Labute approximate surface area is 76.4 Å². The molecule has 1 heterocycles. The van der Waals surface area contributed by atoms with Gasteiger partial charge in [0.1, 0.15) is 5.69 Å². The van der Waals surface area contributed by atoms with Crippen molar-refractivity contribution in [1.82, 2.24) is 4.98 Å². The summed E-state index contributed by atoms with van der Waals surface area (Å²) in [6.45, 7) is 0.0915. The lowest BCUT2D eigenvalue weighted by molar-refractivity contribution is 0.0995. The van der Waals surface area contributed by atoms with Gasteiger partial charge in [0, 0.05) is 12.8 Å². The second kappa shape index (κ2) is 4.57. The van der Waals surface area contributed by atoms with Crippen LogP contribution >= 0.6 is 0 Å². The van der Waals surface area contributed by atoms with Crippen LogP contribution in [-0.2, 0) is 0 Å². The molecule has 69 valence electrons. The van der Waals surface area contributed by atoms with Crippen LogP contribution in [0.2, 0.25) is 0 Å². The molecule has 0 fully saturated rings. The Morgan fingerprint density at radius 2 is 2.46 bits per heavy atom. The molecule has 1 rings (SSSR count). The Balaban J connectivity index is 2.73. The van der Waals surface area contributed by atoms with Crippen LogP contribution in [0.3, 0.4) is 0 Å². The van der Waals surface area contributed by atoms with E-state index in [9.17, 15) is 4.79 Å². The molecule has 1 radical (unpaired) electrons. The fourth-order valence-electron chi connectivity index (χ4n) is 0.940. The van der Waals surface area contributed by atoms with E-state index in [0.29, 0.717) is 6.42 Å². The Morgan fingerprint density at radius 3 is 3.08 bits per heavy atom. The molecule has 0 aliphatic carbocycles. The second-order valence-corrected chi connectivity index (χ2v) is 2.56. The molecule has 13 heavy (non-hydrogen) atoms. The minimum Gasteiger partial charge on any atom is -0.396 e. The summed E-state index contributed by atoms with van der Waals surface area (Å²) in [6, 6.07) is 3.35. The number of rotatable bonds is 4. The maximum absolute atomic E-state index is 10.7. The Bertz CT molecular complexity index is 299. The third-order valence-electron chi connectivity index (χ3n) is 1.55. The van der Waals surface area contributed by atoms with Gasteiger partial charge in [-0.15, -0.1) is 0 Å². The van der Waals surface area contributed by atoms with E-state index in [1.165, 1.54) is 6.20 Å². The third-order valence-corrected chi connectivity index (χ3v) is 1.55.